The fourth-order valence-electron chi connectivity index (χ4n) is 2.16. The summed E-state index contributed by atoms with van der Waals surface area (Å²) >= 11 is 0. The molecule has 3 rings (SSSR count). The fourth-order valence-corrected chi connectivity index (χ4v) is 2.16. The van der Waals surface area contributed by atoms with Gasteiger partial charge in [0, 0.05) is 37.9 Å². The van der Waals surface area contributed by atoms with Crippen LogP contribution in [0, 0.1) is 0 Å². The predicted octanol–water partition coefficient (Wildman–Crippen LogP) is 3.00. The minimum absolute atomic E-state index is 0.254. The lowest BCUT2D eigenvalue weighted by atomic mass is 10.2. The van der Waals surface area contributed by atoms with Crippen molar-refractivity contribution in [2.75, 3.05) is 29.6 Å². The molecule has 0 aliphatic rings. The van der Waals surface area contributed by atoms with Gasteiger partial charge in [0.15, 0.2) is 0 Å². The Balaban J connectivity index is 1.58. The van der Waals surface area contributed by atoms with Crippen LogP contribution in [0.4, 0.5) is 17.3 Å². The van der Waals surface area contributed by atoms with Gasteiger partial charge < -0.3 is 20.0 Å². The van der Waals surface area contributed by atoms with E-state index in [-0.39, 0.29) is 5.91 Å². The Hall–Kier alpha value is -3.35. The zero-order valence-electron chi connectivity index (χ0n) is 14.1. The minimum Gasteiger partial charge on any atom is -0.467 e. The van der Waals surface area contributed by atoms with Crippen molar-refractivity contribution < 1.29 is 9.21 Å². The average molecular weight is 337 g/mol. The summed E-state index contributed by atoms with van der Waals surface area (Å²) in [5.74, 6) is 0.963. The maximum Gasteiger partial charge on any atom is 0.258 e. The maximum absolute atomic E-state index is 12.3. The van der Waals surface area contributed by atoms with Crippen molar-refractivity contribution >= 4 is 23.2 Å². The molecule has 0 bridgehead atoms. The SMILES string of the molecule is CN(C)c1ccc(NC(=O)c2cnc(NCc3ccco3)nc2)cc1. The van der Waals surface area contributed by atoms with Crippen LogP contribution < -0.4 is 15.5 Å². The van der Waals surface area contributed by atoms with Gasteiger partial charge in [-0.3, -0.25) is 4.79 Å². The molecule has 25 heavy (non-hydrogen) atoms. The summed E-state index contributed by atoms with van der Waals surface area (Å²) in [5, 5.41) is 5.85. The van der Waals surface area contributed by atoms with Gasteiger partial charge in [0.05, 0.1) is 18.4 Å². The number of rotatable bonds is 6. The molecule has 0 atom stereocenters. The second kappa shape index (κ2) is 7.48. The van der Waals surface area contributed by atoms with Gasteiger partial charge in [0.2, 0.25) is 5.95 Å². The number of aromatic nitrogens is 2. The van der Waals surface area contributed by atoms with Crippen molar-refractivity contribution in [1.29, 1.82) is 0 Å². The highest BCUT2D eigenvalue weighted by Gasteiger charge is 2.08. The summed E-state index contributed by atoms with van der Waals surface area (Å²) in [6.45, 7) is 0.483. The summed E-state index contributed by atoms with van der Waals surface area (Å²) in [5.41, 5.74) is 2.17. The van der Waals surface area contributed by atoms with E-state index in [2.05, 4.69) is 20.6 Å². The van der Waals surface area contributed by atoms with E-state index in [1.165, 1.54) is 12.4 Å². The van der Waals surface area contributed by atoms with Crippen molar-refractivity contribution in [3.8, 4) is 0 Å². The molecule has 0 spiro atoms. The van der Waals surface area contributed by atoms with Gasteiger partial charge >= 0.3 is 0 Å². The van der Waals surface area contributed by atoms with Crippen LogP contribution in [0.2, 0.25) is 0 Å². The Morgan fingerprint density at radius 3 is 2.44 bits per heavy atom. The Labute approximate surface area is 145 Å². The second-order valence-electron chi connectivity index (χ2n) is 5.62. The standard InChI is InChI=1S/C18H19N5O2/c1-23(2)15-7-5-14(6-8-15)22-17(24)13-10-19-18(20-11-13)21-12-16-4-3-9-25-16/h3-11H,12H2,1-2H3,(H,22,24)(H,19,20,21). The highest BCUT2D eigenvalue weighted by Crippen LogP contribution is 2.16. The Morgan fingerprint density at radius 2 is 1.84 bits per heavy atom. The summed E-state index contributed by atoms with van der Waals surface area (Å²) in [6, 6.07) is 11.3. The topological polar surface area (TPSA) is 83.3 Å². The lowest BCUT2D eigenvalue weighted by Crippen LogP contribution is -2.14. The highest BCUT2D eigenvalue weighted by molar-refractivity contribution is 6.03. The van der Waals surface area contributed by atoms with E-state index in [0.717, 1.165) is 17.1 Å². The molecule has 2 heterocycles. The third-order valence-corrected chi connectivity index (χ3v) is 3.56. The Morgan fingerprint density at radius 1 is 1.12 bits per heavy atom. The molecule has 0 saturated heterocycles. The zero-order chi connectivity index (χ0) is 17.6. The monoisotopic (exact) mass is 337 g/mol. The molecule has 0 aliphatic heterocycles. The molecule has 0 unspecified atom stereocenters. The molecule has 0 fully saturated rings. The molecule has 0 saturated carbocycles. The van der Waals surface area contributed by atoms with E-state index in [9.17, 15) is 4.79 Å². The number of hydrogen-bond donors (Lipinski definition) is 2. The largest absolute Gasteiger partial charge is 0.467 e. The summed E-state index contributed by atoms with van der Waals surface area (Å²) in [6.07, 6.45) is 4.58. The number of furan rings is 1. The predicted molar refractivity (Wildman–Crippen MR) is 96.8 cm³/mol. The summed E-state index contributed by atoms with van der Waals surface area (Å²) in [7, 11) is 3.93. The van der Waals surface area contributed by atoms with Gasteiger partial charge in [-0.1, -0.05) is 0 Å². The quantitative estimate of drug-likeness (QED) is 0.719. The summed E-state index contributed by atoms with van der Waals surface area (Å²) < 4.78 is 5.22. The van der Waals surface area contributed by atoms with Gasteiger partial charge in [-0.2, -0.15) is 0 Å². The second-order valence-corrected chi connectivity index (χ2v) is 5.62. The number of nitrogens with one attached hydrogen (secondary N) is 2. The van der Waals surface area contributed by atoms with E-state index in [0.29, 0.717) is 18.1 Å². The van der Waals surface area contributed by atoms with E-state index in [1.807, 2.05) is 55.4 Å². The molecular formula is C18H19N5O2. The molecule has 0 aliphatic carbocycles. The summed E-state index contributed by atoms with van der Waals surface area (Å²) in [4.78, 5) is 22.5. The molecule has 0 radical (unpaired) electrons. The van der Waals surface area contributed by atoms with Crippen LogP contribution in [0.15, 0.2) is 59.5 Å². The molecule has 3 aromatic rings. The first-order chi connectivity index (χ1) is 12.1. The van der Waals surface area contributed by atoms with Crippen LogP contribution in [0.5, 0.6) is 0 Å². The van der Waals surface area contributed by atoms with Gasteiger partial charge in [0.25, 0.3) is 5.91 Å². The average Bonchev–Trinajstić information content (AvgIpc) is 3.14. The number of hydrogen-bond acceptors (Lipinski definition) is 6. The van der Waals surface area contributed by atoms with Crippen molar-refractivity contribution in [2.45, 2.75) is 6.54 Å². The lowest BCUT2D eigenvalue weighted by Gasteiger charge is -2.13. The smallest absolute Gasteiger partial charge is 0.258 e. The number of benzene rings is 1. The van der Waals surface area contributed by atoms with E-state index < -0.39 is 0 Å². The van der Waals surface area contributed by atoms with E-state index in [1.54, 1.807) is 6.26 Å². The number of carbonyl (C=O) groups is 1. The number of carbonyl (C=O) groups excluding carboxylic acids is 1. The number of amides is 1. The van der Waals surface area contributed by atoms with E-state index >= 15 is 0 Å². The molecule has 1 aromatic carbocycles. The van der Waals surface area contributed by atoms with Crippen molar-refractivity contribution in [3.63, 3.8) is 0 Å². The van der Waals surface area contributed by atoms with Crippen LogP contribution in [0.3, 0.4) is 0 Å². The molecule has 7 heteroatoms. The van der Waals surface area contributed by atoms with Gasteiger partial charge in [-0.05, 0) is 36.4 Å². The van der Waals surface area contributed by atoms with Crippen molar-refractivity contribution in [3.05, 3.63) is 66.4 Å². The molecular weight excluding hydrogens is 318 g/mol. The first-order valence-corrected chi connectivity index (χ1v) is 7.79. The zero-order valence-corrected chi connectivity index (χ0v) is 14.1. The van der Waals surface area contributed by atoms with Crippen LogP contribution in [-0.2, 0) is 6.54 Å². The van der Waals surface area contributed by atoms with Gasteiger partial charge in [-0.15, -0.1) is 0 Å². The van der Waals surface area contributed by atoms with Crippen LogP contribution in [0.25, 0.3) is 0 Å². The number of anilines is 3. The van der Waals surface area contributed by atoms with Crippen molar-refractivity contribution in [1.82, 2.24) is 9.97 Å². The van der Waals surface area contributed by atoms with Gasteiger partial charge in [-0.25, -0.2) is 9.97 Å². The third-order valence-electron chi connectivity index (χ3n) is 3.56. The van der Waals surface area contributed by atoms with Crippen LogP contribution in [-0.4, -0.2) is 30.0 Å². The Kier molecular flexibility index (Phi) is 4.94. The first-order valence-electron chi connectivity index (χ1n) is 7.79. The van der Waals surface area contributed by atoms with Crippen molar-refractivity contribution in [2.24, 2.45) is 0 Å². The van der Waals surface area contributed by atoms with Crippen LogP contribution >= 0.6 is 0 Å². The lowest BCUT2D eigenvalue weighted by molar-refractivity contribution is 0.102. The third kappa shape index (κ3) is 4.35. The maximum atomic E-state index is 12.3. The van der Waals surface area contributed by atoms with Gasteiger partial charge in [0.1, 0.15) is 5.76 Å². The molecule has 7 nitrogen and oxygen atoms in total. The molecule has 2 aromatic heterocycles. The Bertz CT molecular complexity index is 812. The first kappa shape index (κ1) is 16.5. The molecule has 2 N–H and O–H groups in total. The fraction of sp³-hybridized carbons (Fsp3) is 0.167. The highest BCUT2D eigenvalue weighted by atomic mass is 16.3. The minimum atomic E-state index is -0.254. The number of nitrogens with zero attached hydrogens (tertiary/aromatic N) is 3. The van der Waals surface area contributed by atoms with Crippen LogP contribution in [0.1, 0.15) is 16.1 Å². The normalized spacial score (nSPS) is 10.3. The van der Waals surface area contributed by atoms with E-state index in [4.69, 9.17) is 4.42 Å². The molecule has 1 amide bonds. The molecule has 128 valence electrons.